The number of halogens is 1. The highest BCUT2D eigenvalue weighted by atomic mass is 35.5. The number of anilines is 1. The molecule has 0 amide bonds. The molecule has 1 heterocycles. The molecule has 0 saturated heterocycles. The summed E-state index contributed by atoms with van der Waals surface area (Å²) in [6, 6.07) is 3.53. The zero-order valence-electron chi connectivity index (χ0n) is 12.4. The molecule has 0 bridgehead atoms. The van der Waals surface area contributed by atoms with Crippen molar-refractivity contribution in [2.24, 2.45) is 0 Å². The summed E-state index contributed by atoms with van der Waals surface area (Å²) >= 11 is 6.15. The van der Waals surface area contributed by atoms with E-state index in [9.17, 15) is 0 Å². The predicted octanol–water partition coefficient (Wildman–Crippen LogP) is 2.97. The SMILES string of the molecule is CCCn1ncnc1CNc1cc(Cl)c(OC)cc1OC. The normalized spacial score (nSPS) is 10.5. The molecule has 114 valence electrons. The molecule has 7 heteroatoms. The van der Waals surface area contributed by atoms with Crippen LogP contribution in [0, 0.1) is 0 Å². The van der Waals surface area contributed by atoms with E-state index in [0.717, 1.165) is 24.5 Å². The van der Waals surface area contributed by atoms with Crippen LogP contribution in [0.4, 0.5) is 5.69 Å². The molecule has 2 rings (SSSR count). The van der Waals surface area contributed by atoms with Crippen molar-refractivity contribution in [3.05, 3.63) is 29.3 Å². The fraction of sp³-hybridized carbons (Fsp3) is 0.429. The van der Waals surface area contributed by atoms with E-state index in [4.69, 9.17) is 21.1 Å². The summed E-state index contributed by atoms with van der Waals surface area (Å²) in [7, 11) is 3.18. The number of aromatic nitrogens is 3. The van der Waals surface area contributed by atoms with Gasteiger partial charge in [0.05, 0.1) is 31.5 Å². The molecular formula is C14H19ClN4O2. The van der Waals surface area contributed by atoms with Gasteiger partial charge in [-0.05, 0) is 12.5 Å². The quantitative estimate of drug-likeness (QED) is 0.852. The lowest BCUT2D eigenvalue weighted by Gasteiger charge is -2.14. The van der Waals surface area contributed by atoms with Crippen LogP contribution >= 0.6 is 11.6 Å². The van der Waals surface area contributed by atoms with Crippen LogP contribution in [0.2, 0.25) is 5.02 Å². The highest BCUT2D eigenvalue weighted by Gasteiger charge is 2.11. The Bertz CT molecular complexity index is 601. The van der Waals surface area contributed by atoms with Crippen molar-refractivity contribution in [1.82, 2.24) is 14.8 Å². The van der Waals surface area contributed by atoms with Crippen molar-refractivity contribution in [3.63, 3.8) is 0 Å². The Kier molecular flexibility index (Phi) is 5.27. The van der Waals surface area contributed by atoms with Crippen molar-refractivity contribution in [2.75, 3.05) is 19.5 Å². The molecule has 0 atom stereocenters. The molecular weight excluding hydrogens is 292 g/mol. The first-order chi connectivity index (χ1) is 10.2. The van der Waals surface area contributed by atoms with Crippen molar-refractivity contribution < 1.29 is 9.47 Å². The first kappa shape index (κ1) is 15.4. The molecule has 1 N–H and O–H groups in total. The molecule has 0 aliphatic heterocycles. The number of nitrogens with zero attached hydrogens (tertiary/aromatic N) is 3. The van der Waals surface area contributed by atoms with Crippen molar-refractivity contribution in [2.45, 2.75) is 26.4 Å². The molecule has 1 aromatic heterocycles. The monoisotopic (exact) mass is 310 g/mol. The molecule has 0 spiro atoms. The summed E-state index contributed by atoms with van der Waals surface area (Å²) in [5.74, 6) is 2.11. The van der Waals surface area contributed by atoms with E-state index in [1.807, 2.05) is 4.68 Å². The summed E-state index contributed by atoms with van der Waals surface area (Å²) in [6.07, 6.45) is 2.57. The van der Waals surface area contributed by atoms with E-state index in [1.165, 1.54) is 0 Å². The second kappa shape index (κ2) is 7.17. The van der Waals surface area contributed by atoms with Crippen LogP contribution in [0.15, 0.2) is 18.5 Å². The number of nitrogens with one attached hydrogen (secondary N) is 1. The largest absolute Gasteiger partial charge is 0.495 e. The highest BCUT2D eigenvalue weighted by molar-refractivity contribution is 6.32. The standard InChI is InChI=1S/C14H19ClN4O2/c1-4-5-19-14(17-9-18-19)8-16-11-6-10(15)12(20-2)7-13(11)21-3/h6-7,9,16H,4-5,8H2,1-3H3. The molecule has 2 aromatic rings. The third-order valence-corrected chi connectivity index (χ3v) is 3.34. The van der Waals surface area contributed by atoms with Crippen molar-refractivity contribution in [3.8, 4) is 11.5 Å². The van der Waals surface area contributed by atoms with Crippen LogP contribution in [0.1, 0.15) is 19.2 Å². The fourth-order valence-electron chi connectivity index (χ4n) is 2.00. The van der Waals surface area contributed by atoms with Gasteiger partial charge in [-0.15, -0.1) is 0 Å². The van der Waals surface area contributed by atoms with E-state index >= 15 is 0 Å². The lowest BCUT2D eigenvalue weighted by atomic mass is 10.2. The average Bonchev–Trinajstić information content (AvgIpc) is 2.93. The Morgan fingerprint density at radius 2 is 2.00 bits per heavy atom. The Balaban J connectivity index is 2.15. The molecule has 0 aliphatic rings. The van der Waals surface area contributed by atoms with Gasteiger partial charge in [0, 0.05) is 12.6 Å². The molecule has 0 radical (unpaired) electrons. The number of hydrogen-bond acceptors (Lipinski definition) is 5. The Labute approximate surface area is 129 Å². The van der Waals surface area contributed by atoms with E-state index in [0.29, 0.717) is 23.1 Å². The van der Waals surface area contributed by atoms with Crippen molar-refractivity contribution >= 4 is 17.3 Å². The Morgan fingerprint density at radius 3 is 2.67 bits per heavy atom. The minimum absolute atomic E-state index is 0.524. The number of ether oxygens (including phenoxy) is 2. The van der Waals surface area contributed by atoms with Crippen LogP contribution in [0.5, 0.6) is 11.5 Å². The number of aryl methyl sites for hydroxylation is 1. The van der Waals surface area contributed by atoms with E-state index in [1.54, 1.807) is 32.7 Å². The van der Waals surface area contributed by atoms with Gasteiger partial charge >= 0.3 is 0 Å². The van der Waals surface area contributed by atoms with Crippen molar-refractivity contribution in [1.29, 1.82) is 0 Å². The minimum atomic E-state index is 0.524. The number of hydrogen-bond donors (Lipinski definition) is 1. The first-order valence-electron chi connectivity index (χ1n) is 6.71. The van der Waals surface area contributed by atoms with Gasteiger partial charge in [0.25, 0.3) is 0 Å². The Morgan fingerprint density at radius 1 is 1.24 bits per heavy atom. The van der Waals surface area contributed by atoms with Gasteiger partial charge in [0.15, 0.2) is 0 Å². The van der Waals surface area contributed by atoms with Crippen LogP contribution in [-0.2, 0) is 13.1 Å². The maximum atomic E-state index is 6.15. The smallest absolute Gasteiger partial charge is 0.146 e. The van der Waals surface area contributed by atoms with Gasteiger partial charge in [0.2, 0.25) is 0 Å². The van der Waals surface area contributed by atoms with Gasteiger partial charge in [-0.1, -0.05) is 18.5 Å². The molecule has 6 nitrogen and oxygen atoms in total. The van der Waals surface area contributed by atoms with Gasteiger partial charge in [-0.2, -0.15) is 5.10 Å². The molecule has 0 fully saturated rings. The van der Waals surface area contributed by atoms with Gasteiger partial charge < -0.3 is 14.8 Å². The average molecular weight is 311 g/mol. The summed E-state index contributed by atoms with van der Waals surface area (Å²) in [6.45, 7) is 3.49. The van der Waals surface area contributed by atoms with E-state index in [-0.39, 0.29) is 0 Å². The lowest BCUT2D eigenvalue weighted by Crippen LogP contribution is -2.10. The lowest BCUT2D eigenvalue weighted by molar-refractivity contribution is 0.395. The topological polar surface area (TPSA) is 61.2 Å². The zero-order valence-corrected chi connectivity index (χ0v) is 13.1. The Hall–Kier alpha value is -1.95. The van der Waals surface area contributed by atoms with E-state index in [2.05, 4.69) is 22.3 Å². The summed E-state index contributed by atoms with van der Waals surface area (Å²) in [5.41, 5.74) is 0.786. The van der Waals surface area contributed by atoms with Gasteiger partial charge in [0.1, 0.15) is 23.7 Å². The van der Waals surface area contributed by atoms with Gasteiger partial charge in [-0.25, -0.2) is 9.67 Å². The maximum Gasteiger partial charge on any atom is 0.146 e. The summed E-state index contributed by atoms with van der Waals surface area (Å²) in [5, 5.41) is 7.99. The number of methoxy groups -OCH3 is 2. The number of rotatable bonds is 7. The first-order valence-corrected chi connectivity index (χ1v) is 7.09. The van der Waals surface area contributed by atoms with Crippen LogP contribution in [-0.4, -0.2) is 29.0 Å². The van der Waals surface area contributed by atoms with Crippen LogP contribution in [0.3, 0.4) is 0 Å². The minimum Gasteiger partial charge on any atom is -0.495 e. The third-order valence-electron chi connectivity index (χ3n) is 3.04. The second-order valence-corrected chi connectivity index (χ2v) is 4.85. The van der Waals surface area contributed by atoms with E-state index < -0.39 is 0 Å². The summed E-state index contributed by atoms with van der Waals surface area (Å²) < 4.78 is 12.4. The zero-order chi connectivity index (χ0) is 15.2. The molecule has 1 aromatic carbocycles. The van der Waals surface area contributed by atoms with Crippen LogP contribution in [0.25, 0.3) is 0 Å². The maximum absolute atomic E-state index is 6.15. The number of benzene rings is 1. The van der Waals surface area contributed by atoms with Gasteiger partial charge in [-0.3, -0.25) is 0 Å². The third kappa shape index (κ3) is 3.58. The van der Waals surface area contributed by atoms with Crippen LogP contribution < -0.4 is 14.8 Å². The highest BCUT2D eigenvalue weighted by Crippen LogP contribution is 2.35. The fourth-order valence-corrected chi connectivity index (χ4v) is 2.24. The molecule has 0 saturated carbocycles. The predicted molar refractivity (Wildman–Crippen MR) is 82.2 cm³/mol. The molecule has 0 aliphatic carbocycles. The molecule has 0 unspecified atom stereocenters. The second-order valence-electron chi connectivity index (χ2n) is 4.44. The molecule has 21 heavy (non-hydrogen) atoms. The summed E-state index contributed by atoms with van der Waals surface area (Å²) in [4.78, 5) is 4.25.